The average Bonchev–Trinajstić information content (AvgIpc) is 2.63. The highest BCUT2D eigenvalue weighted by Crippen LogP contribution is 2.35. The summed E-state index contributed by atoms with van der Waals surface area (Å²) in [6.07, 6.45) is 2.02. The normalized spacial score (nSPS) is 17.4. The highest BCUT2D eigenvalue weighted by atomic mass is 16.5. The molecule has 0 unspecified atom stereocenters. The fourth-order valence-electron chi connectivity index (χ4n) is 3.18. The minimum Gasteiger partial charge on any atom is -0.494 e. The molecule has 0 saturated carbocycles. The van der Waals surface area contributed by atoms with Gasteiger partial charge >= 0.3 is 0 Å². The maximum Gasteiger partial charge on any atom is 0.191 e. The Morgan fingerprint density at radius 2 is 1.88 bits per heavy atom. The molecule has 1 aliphatic heterocycles. The molecule has 0 atom stereocenters. The number of nitrogens with one attached hydrogen (secondary N) is 2. The van der Waals surface area contributed by atoms with Crippen molar-refractivity contribution < 1.29 is 9.47 Å². The first kappa shape index (κ1) is 19.6. The largest absolute Gasteiger partial charge is 0.494 e. The zero-order valence-corrected chi connectivity index (χ0v) is 16.1. The quantitative estimate of drug-likeness (QED) is 0.588. The average molecular weight is 348 g/mol. The monoisotopic (exact) mass is 347 g/mol. The molecule has 2 N–H and O–H groups in total. The maximum atomic E-state index is 5.62. The zero-order valence-electron chi connectivity index (χ0n) is 16.1. The Labute approximate surface area is 152 Å². The van der Waals surface area contributed by atoms with Crippen LogP contribution in [-0.2, 0) is 10.2 Å². The second-order valence-corrected chi connectivity index (χ2v) is 7.05. The van der Waals surface area contributed by atoms with Gasteiger partial charge in [0, 0.05) is 38.8 Å². The third-order valence-electron chi connectivity index (χ3n) is 4.72. The van der Waals surface area contributed by atoms with Crippen LogP contribution in [0.2, 0.25) is 0 Å². The standard InChI is InChI=1S/C20H33N3O2/c1-5-25-18-8-6-17(7-9-18)20(10-12-24-13-11-20)15-23-19(21-4)22-14-16(2)3/h6-9,16H,5,10-15H2,1-4H3,(H2,21,22,23). The van der Waals surface area contributed by atoms with E-state index in [1.54, 1.807) is 0 Å². The number of rotatable bonds is 7. The Bertz CT molecular complexity index is 534. The van der Waals surface area contributed by atoms with Gasteiger partial charge in [-0.2, -0.15) is 0 Å². The lowest BCUT2D eigenvalue weighted by atomic mass is 9.74. The van der Waals surface area contributed by atoms with E-state index < -0.39 is 0 Å². The van der Waals surface area contributed by atoms with Crippen LogP contribution in [0.1, 0.15) is 39.2 Å². The molecule has 1 saturated heterocycles. The molecule has 5 heteroatoms. The van der Waals surface area contributed by atoms with Gasteiger partial charge in [0.2, 0.25) is 0 Å². The van der Waals surface area contributed by atoms with Crippen LogP contribution in [0.5, 0.6) is 5.75 Å². The topological polar surface area (TPSA) is 54.9 Å². The molecule has 1 aromatic rings. The molecular weight excluding hydrogens is 314 g/mol. The number of hydrogen-bond donors (Lipinski definition) is 2. The fraction of sp³-hybridized carbons (Fsp3) is 0.650. The van der Waals surface area contributed by atoms with Gasteiger partial charge in [-0.05, 0) is 43.4 Å². The fourth-order valence-corrected chi connectivity index (χ4v) is 3.18. The van der Waals surface area contributed by atoms with Gasteiger partial charge < -0.3 is 20.1 Å². The lowest BCUT2D eigenvalue weighted by Crippen LogP contribution is -2.48. The Balaban J connectivity index is 2.09. The van der Waals surface area contributed by atoms with Crippen molar-refractivity contribution in [2.45, 2.75) is 39.0 Å². The molecule has 2 rings (SSSR count). The summed E-state index contributed by atoms with van der Waals surface area (Å²) < 4.78 is 11.2. The molecule has 25 heavy (non-hydrogen) atoms. The predicted octanol–water partition coefficient (Wildman–Crippen LogP) is 2.95. The molecule has 1 aromatic carbocycles. The van der Waals surface area contributed by atoms with Crippen LogP contribution in [0.4, 0.5) is 0 Å². The second kappa shape index (κ2) is 9.66. The number of benzene rings is 1. The Morgan fingerprint density at radius 1 is 1.20 bits per heavy atom. The van der Waals surface area contributed by atoms with E-state index in [1.165, 1.54) is 5.56 Å². The summed E-state index contributed by atoms with van der Waals surface area (Å²) in [6.45, 7) is 10.5. The highest BCUT2D eigenvalue weighted by molar-refractivity contribution is 5.79. The lowest BCUT2D eigenvalue weighted by molar-refractivity contribution is 0.0513. The van der Waals surface area contributed by atoms with Crippen LogP contribution in [0, 0.1) is 5.92 Å². The van der Waals surface area contributed by atoms with E-state index in [0.717, 1.165) is 50.9 Å². The van der Waals surface area contributed by atoms with Crippen molar-refractivity contribution in [1.82, 2.24) is 10.6 Å². The molecule has 0 amide bonds. The van der Waals surface area contributed by atoms with Crippen LogP contribution in [0.15, 0.2) is 29.3 Å². The molecule has 0 aromatic heterocycles. The van der Waals surface area contributed by atoms with Crippen molar-refractivity contribution in [3.05, 3.63) is 29.8 Å². The summed E-state index contributed by atoms with van der Waals surface area (Å²) >= 11 is 0. The molecular formula is C20H33N3O2. The molecule has 0 bridgehead atoms. The van der Waals surface area contributed by atoms with Gasteiger partial charge in [-0.3, -0.25) is 4.99 Å². The molecule has 1 aliphatic rings. The summed E-state index contributed by atoms with van der Waals surface area (Å²) in [6, 6.07) is 8.54. The van der Waals surface area contributed by atoms with Crippen molar-refractivity contribution in [3.8, 4) is 5.75 Å². The molecule has 1 heterocycles. The SMILES string of the molecule is CCOc1ccc(C2(CNC(=NC)NCC(C)C)CCOCC2)cc1. The second-order valence-electron chi connectivity index (χ2n) is 7.05. The third kappa shape index (κ3) is 5.63. The molecule has 140 valence electrons. The van der Waals surface area contributed by atoms with E-state index in [9.17, 15) is 0 Å². The summed E-state index contributed by atoms with van der Waals surface area (Å²) in [4.78, 5) is 4.35. The molecule has 0 radical (unpaired) electrons. The van der Waals surface area contributed by atoms with E-state index in [-0.39, 0.29) is 5.41 Å². The number of aliphatic imine (C=N–C) groups is 1. The van der Waals surface area contributed by atoms with Crippen molar-refractivity contribution in [1.29, 1.82) is 0 Å². The van der Waals surface area contributed by atoms with Gasteiger partial charge in [0.1, 0.15) is 5.75 Å². The van der Waals surface area contributed by atoms with Crippen LogP contribution < -0.4 is 15.4 Å². The summed E-state index contributed by atoms with van der Waals surface area (Å²) in [5, 5.41) is 6.92. The van der Waals surface area contributed by atoms with E-state index in [1.807, 2.05) is 14.0 Å². The number of hydrogen-bond acceptors (Lipinski definition) is 3. The Hall–Kier alpha value is -1.75. The predicted molar refractivity (Wildman–Crippen MR) is 104 cm³/mol. The van der Waals surface area contributed by atoms with E-state index in [0.29, 0.717) is 12.5 Å². The molecule has 5 nitrogen and oxygen atoms in total. The third-order valence-corrected chi connectivity index (χ3v) is 4.72. The number of ether oxygens (including phenoxy) is 2. The first-order valence-corrected chi connectivity index (χ1v) is 9.35. The first-order chi connectivity index (χ1) is 12.1. The van der Waals surface area contributed by atoms with Crippen molar-refractivity contribution in [3.63, 3.8) is 0 Å². The Morgan fingerprint density at radius 3 is 2.44 bits per heavy atom. The Kier molecular flexibility index (Phi) is 7.56. The minimum atomic E-state index is 0.0679. The van der Waals surface area contributed by atoms with Crippen molar-refractivity contribution >= 4 is 5.96 Å². The minimum absolute atomic E-state index is 0.0679. The van der Waals surface area contributed by atoms with Crippen LogP contribution in [0.3, 0.4) is 0 Å². The van der Waals surface area contributed by atoms with E-state index >= 15 is 0 Å². The van der Waals surface area contributed by atoms with Gasteiger partial charge in [-0.1, -0.05) is 26.0 Å². The van der Waals surface area contributed by atoms with Gasteiger partial charge in [-0.15, -0.1) is 0 Å². The van der Waals surface area contributed by atoms with Crippen LogP contribution in [0.25, 0.3) is 0 Å². The number of guanidine groups is 1. The smallest absolute Gasteiger partial charge is 0.191 e. The maximum absolute atomic E-state index is 5.62. The highest BCUT2D eigenvalue weighted by Gasteiger charge is 2.34. The van der Waals surface area contributed by atoms with Crippen LogP contribution >= 0.6 is 0 Å². The number of nitrogens with zero attached hydrogens (tertiary/aromatic N) is 1. The van der Waals surface area contributed by atoms with Gasteiger partial charge in [-0.25, -0.2) is 0 Å². The van der Waals surface area contributed by atoms with E-state index in [4.69, 9.17) is 9.47 Å². The molecule has 0 aliphatic carbocycles. The van der Waals surface area contributed by atoms with Gasteiger partial charge in [0.05, 0.1) is 6.61 Å². The van der Waals surface area contributed by atoms with E-state index in [2.05, 4.69) is 53.7 Å². The zero-order chi connectivity index (χ0) is 18.1. The van der Waals surface area contributed by atoms with Crippen molar-refractivity contribution in [2.24, 2.45) is 10.9 Å². The molecule has 0 spiro atoms. The lowest BCUT2D eigenvalue weighted by Gasteiger charge is -2.38. The van der Waals surface area contributed by atoms with Crippen molar-refractivity contribution in [2.75, 3.05) is 40.0 Å². The first-order valence-electron chi connectivity index (χ1n) is 9.35. The van der Waals surface area contributed by atoms with Crippen LogP contribution in [-0.4, -0.2) is 45.9 Å². The molecule has 1 fully saturated rings. The summed E-state index contributed by atoms with van der Waals surface area (Å²) in [5.41, 5.74) is 1.41. The summed E-state index contributed by atoms with van der Waals surface area (Å²) in [5.74, 6) is 2.38. The summed E-state index contributed by atoms with van der Waals surface area (Å²) in [7, 11) is 1.82. The van der Waals surface area contributed by atoms with Gasteiger partial charge in [0.15, 0.2) is 5.96 Å². The van der Waals surface area contributed by atoms with Gasteiger partial charge in [0.25, 0.3) is 0 Å².